The maximum absolute atomic E-state index is 5.99. The first kappa shape index (κ1) is 10.5. The van der Waals surface area contributed by atoms with Crippen LogP contribution in [-0.4, -0.2) is 16.5 Å². The van der Waals surface area contributed by atoms with Crippen LogP contribution < -0.4 is 5.73 Å². The highest BCUT2D eigenvalue weighted by molar-refractivity contribution is 7.15. The van der Waals surface area contributed by atoms with Gasteiger partial charge in [-0.15, -0.1) is 11.3 Å². The second kappa shape index (κ2) is 4.70. The molecular formula is C10H10ClN3S. The number of rotatable bonds is 3. The molecule has 15 heavy (non-hydrogen) atoms. The fourth-order valence-corrected chi connectivity index (χ4v) is 2.51. The van der Waals surface area contributed by atoms with Crippen molar-refractivity contribution in [2.24, 2.45) is 5.73 Å². The van der Waals surface area contributed by atoms with E-state index in [1.54, 1.807) is 17.5 Å². The molecular weight excluding hydrogens is 230 g/mol. The van der Waals surface area contributed by atoms with E-state index in [0.29, 0.717) is 11.7 Å². The van der Waals surface area contributed by atoms with Crippen LogP contribution in [0.1, 0.15) is 4.88 Å². The second-order valence-electron chi connectivity index (χ2n) is 2.99. The van der Waals surface area contributed by atoms with Gasteiger partial charge in [0.25, 0.3) is 0 Å². The Morgan fingerprint density at radius 1 is 1.40 bits per heavy atom. The topological polar surface area (TPSA) is 51.8 Å². The summed E-state index contributed by atoms with van der Waals surface area (Å²) >= 11 is 7.54. The molecule has 0 bridgehead atoms. The fourth-order valence-electron chi connectivity index (χ4n) is 1.22. The van der Waals surface area contributed by atoms with Gasteiger partial charge >= 0.3 is 0 Å². The quantitative estimate of drug-likeness (QED) is 0.895. The number of halogens is 1. The van der Waals surface area contributed by atoms with E-state index < -0.39 is 0 Å². The number of hydrogen-bond donors (Lipinski definition) is 1. The van der Waals surface area contributed by atoms with Crippen molar-refractivity contribution in [3.8, 4) is 10.7 Å². The van der Waals surface area contributed by atoms with Gasteiger partial charge in [0.2, 0.25) is 0 Å². The fraction of sp³-hybridized carbons (Fsp3) is 0.200. The lowest BCUT2D eigenvalue weighted by molar-refractivity contribution is 0.984. The minimum absolute atomic E-state index is 0.547. The molecule has 2 N–H and O–H groups in total. The van der Waals surface area contributed by atoms with Crippen molar-refractivity contribution in [3.05, 3.63) is 34.4 Å². The molecule has 0 aliphatic carbocycles. The molecule has 78 valence electrons. The van der Waals surface area contributed by atoms with E-state index in [1.807, 2.05) is 18.2 Å². The predicted molar refractivity (Wildman–Crippen MR) is 63.1 cm³/mol. The Hall–Kier alpha value is -0.970. The summed E-state index contributed by atoms with van der Waals surface area (Å²) in [6.07, 6.45) is 2.51. The molecule has 0 radical (unpaired) electrons. The zero-order valence-corrected chi connectivity index (χ0v) is 9.55. The lowest BCUT2D eigenvalue weighted by atomic mass is 10.4. The first-order valence-corrected chi connectivity index (χ1v) is 5.77. The summed E-state index contributed by atoms with van der Waals surface area (Å²) in [6.45, 7) is 0.587. The van der Waals surface area contributed by atoms with E-state index in [9.17, 15) is 0 Å². The third kappa shape index (κ3) is 2.34. The van der Waals surface area contributed by atoms with Crippen LogP contribution in [0.2, 0.25) is 5.15 Å². The SMILES string of the molecule is NCCc1sc(-c2ccccn2)nc1Cl. The first-order valence-electron chi connectivity index (χ1n) is 4.58. The van der Waals surface area contributed by atoms with Gasteiger partial charge in [-0.2, -0.15) is 0 Å². The molecule has 0 aliphatic heterocycles. The van der Waals surface area contributed by atoms with Crippen molar-refractivity contribution in [2.75, 3.05) is 6.54 Å². The summed E-state index contributed by atoms with van der Waals surface area (Å²) in [6, 6.07) is 5.72. The number of nitrogens with two attached hydrogens (primary N) is 1. The van der Waals surface area contributed by atoms with Gasteiger partial charge in [0.05, 0.1) is 5.69 Å². The zero-order chi connectivity index (χ0) is 10.7. The van der Waals surface area contributed by atoms with Gasteiger partial charge in [-0.25, -0.2) is 4.98 Å². The van der Waals surface area contributed by atoms with Gasteiger partial charge in [0, 0.05) is 11.1 Å². The Morgan fingerprint density at radius 3 is 2.93 bits per heavy atom. The molecule has 5 heteroatoms. The molecule has 0 aliphatic rings. The van der Waals surface area contributed by atoms with Crippen LogP contribution in [-0.2, 0) is 6.42 Å². The molecule has 0 spiro atoms. The van der Waals surface area contributed by atoms with Crippen LogP contribution in [0.4, 0.5) is 0 Å². The average Bonchev–Trinajstić information content (AvgIpc) is 2.63. The van der Waals surface area contributed by atoms with Gasteiger partial charge < -0.3 is 5.73 Å². The van der Waals surface area contributed by atoms with Crippen LogP contribution in [0.5, 0.6) is 0 Å². The average molecular weight is 240 g/mol. The maximum Gasteiger partial charge on any atom is 0.144 e. The zero-order valence-electron chi connectivity index (χ0n) is 7.98. The summed E-state index contributed by atoms with van der Waals surface area (Å²) in [5, 5.41) is 1.40. The standard InChI is InChI=1S/C10H10ClN3S/c11-9-8(4-5-12)15-10(14-9)7-3-1-2-6-13-7/h1-3,6H,4-5,12H2. The Balaban J connectivity index is 2.34. The van der Waals surface area contributed by atoms with Gasteiger partial charge in [0.1, 0.15) is 10.2 Å². The van der Waals surface area contributed by atoms with Crippen LogP contribution in [0.25, 0.3) is 10.7 Å². The molecule has 0 unspecified atom stereocenters. The van der Waals surface area contributed by atoms with E-state index in [4.69, 9.17) is 17.3 Å². The van der Waals surface area contributed by atoms with Crippen LogP contribution >= 0.6 is 22.9 Å². The van der Waals surface area contributed by atoms with E-state index in [0.717, 1.165) is 22.0 Å². The second-order valence-corrected chi connectivity index (χ2v) is 4.43. The minimum atomic E-state index is 0.547. The summed E-state index contributed by atoms with van der Waals surface area (Å²) in [5.74, 6) is 0. The molecule has 0 saturated carbocycles. The number of pyridine rings is 1. The summed E-state index contributed by atoms with van der Waals surface area (Å²) in [5.41, 5.74) is 6.34. The Bertz CT molecular complexity index is 441. The molecule has 2 rings (SSSR count). The number of aromatic nitrogens is 2. The predicted octanol–water partition coefficient (Wildman–Crippen LogP) is 2.36. The molecule has 2 aromatic heterocycles. The molecule has 0 atom stereocenters. The van der Waals surface area contributed by atoms with Gasteiger partial charge in [-0.1, -0.05) is 17.7 Å². The van der Waals surface area contributed by atoms with E-state index in [1.165, 1.54) is 0 Å². The van der Waals surface area contributed by atoms with Crippen molar-refractivity contribution in [1.82, 2.24) is 9.97 Å². The number of nitrogens with zero attached hydrogens (tertiary/aromatic N) is 2. The Morgan fingerprint density at radius 2 is 2.27 bits per heavy atom. The largest absolute Gasteiger partial charge is 0.330 e. The number of hydrogen-bond acceptors (Lipinski definition) is 4. The monoisotopic (exact) mass is 239 g/mol. The first-order chi connectivity index (χ1) is 7.31. The maximum atomic E-state index is 5.99. The van der Waals surface area contributed by atoms with Gasteiger partial charge in [-0.3, -0.25) is 4.98 Å². The van der Waals surface area contributed by atoms with Crippen molar-refractivity contribution in [2.45, 2.75) is 6.42 Å². The van der Waals surface area contributed by atoms with E-state index in [2.05, 4.69) is 9.97 Å². The molecule has 2 aromatic rings. The lowest BCUT2D eigenvalue weighted by Crippen LogP contribution is -2.01. The van der Waals surface area contributed by atoms with Crippen LogP contribution in [0.3, 0.4) is 0 Å². The van der Waals surface area contributed by atoms with Crippen LogP contribution in [0.15, 0.2) is 24.4 Å². The smallest absolute Gasteiger partial charge is 0.144 e. The van der Waals surface area contributed by atoms with Gasteiger partial charge in [-0.05, 0) is 25.1 Å². The summed E-state index contributed by atoms with van der Waals surface area (Å²) in [7, 11) is 0. The molecule has 0 amide bonds. The van der Waals surface area contributed by atoms with Crippen molar-refractivity contribution in [3.63, 3.8) is 0 Å². The summed E-state index contributed by atoms with van der Waals surface area (Å²) < 4.78 is 0. The highest BCUT2D eigenvalue weighted by Crippen LogP contribution is 2.29. The molecule has 0 fully saturated rings. The molecule has 3 nitrogen and oxygen atoms in total. The van der Waals surface area contributed by atoms with E-state index in [-0.39, 0.29) is 0 Å². The lowest BCUT2D eigenvalue weighted by Gasteiger charge is -1.92. The molecule has 2 heterocycles. The van der Waals surface area contributed by atoms with Crippen molar-refractivity contribution >= 4 is 22.9 Å². The summed E-state index contributed by atoms with van der Waals surface area (Å²) in [4.78, 5) is 9.51. The Kier molecular flexibility index (Phi) is 3.30. The van der Waals surface area contributed by atoms with Crippen molar-refractivity contribution < 1.29 is 0 Å². The minimum Gasteiger partial charge on any atom is -0.330 e. The third-order valence-electron chi connectivity index (χ3n) is 1.91. The van der Waals surface area contributed by atoms with Crippen LogP contribution in [0, 0.1) is 0 Å². The Labute approximate surface area is 96.9 Å². The normalized spacial score (nSPS) is 10.5. The number of thiazole rings is 1. The molecule has 0 aromatic carbocycles. The third-order valence-corrected chi connectivity index (χ3v) is 3.47. The van der Waals surface area contributed by atoms with Gasteiger partial charge in [0.15, 0.2) is 0 Å². The molecule has 0 saturated heterocycles. The highest BCUT2D eigenvalue weighted by atomic mass is 35.5. The van der Waals surface area contributed by atoms with E-state index >= 15 is 0 Å². The van der Waals surface area contributed by atoms with Crippen molar-refractivity contribution in [1.29, 1.82) is 0 Å². The highest BCUT2D eigenvalue weighted by Gasteiger charge is 2.10.